The van der Waals surface area contributed by atoms with E-state index >= 15 is 0 Å². The van der Waals surface area contributed by atoms with Crippen LogP contribution in [0.2, 0.25) is 0 Å². The highest BCUT2D eigenvalue weighted by atomic mass is 16.4. The van der Waals surface area contributed by atoms with E-state index in [1.165, 1.54) is 0 Å². The predicted molar refractivity (Wildman–Crippen MR) is 69.2 cm³/mol. The summed E-state index contributed by atoms with van der Waals surface area (Å²) in [6, 6.07) is 9.86. The van der Waals surface area contributed by atoms with Crippen molar-refractivity contribution in [3.8, 4) is 11.1 Å². The van der Waals surface area contributed by atoms with Crippen LogP contribution in [0.25, 0.3) is 11.1 Å². The van der Waals surface area contributed by atoms with Gasteiger partial charge in [0.15, 0.2) is 0 Å². The molecule has 0 amide bonds. The van der Waals surface area contributed by atoms with E-state index in [-0.39, 0.29) is 12.5 Å². The predicted octanol–water partition coefficient (Wildman–Crippen LogP) is 2.98. The van der Waals surface area contributed by atoms with Crippen LogP contribution in [0.3, 0.4) is 0 Å². The number of carbonyl (C=O) groups is 1. The van der Waals surface area contributed by atoms with Crippen molar-refractivity contribution in [1.82, 2.24) is 9.78 Å². The van der Waals surface area contributed by atoms with Gasteiger partial charge in [-0.15, -0.1) is 0 Å². The van der Waals surface area contributed by atoms with E-state index in [2.05, 4.69) is 5.10 Å². The Hall–Kier alpha value is -2.10. The minimum Gasteiger partial charge on any atom is -0.481 e. The highest BCUT2D eigenvalue weighted by Gasteiger charge is 2.14. The van der Waals surface area contributed by atoms with E-state index in [9.17, 15) is 4.79 Å². The zero-order valence-corrected chi connectivity index (χ0v) is 10.3. The summed E-state index contributed by atoms with van der Waals surface area (Å²) in [5.41, 5.74) is 2.10. The molecule has 1 unspecified atom stereocenters. The van der Waals surface area contributed by atoms with Crippen LogP contribution in [-0.4, -0.2) is 20.9 Å². The molecule has 0 spiro atoms. The van der Waals surface area contributed by atoms with Crippen LogP contribution in [0, 0.1) is 0 Å². The molecule has 4 heteroatoms. The third-order valence-corrected chi connectivity index (χ3v) is 2.96. The quantitative estimate of drug-likeness (QED) is 0.879. The summed E-state index contributed by atoms with van der Waals surface area (Å²) >= 11 is 0. The number of hydrogen-bond donors (Lipinski definition) is 1. The van der Waals surface area contributed by atoms with Crippen LogP contribution in [0.15, 0.2) is 42.7 Å². The van der Waals surface area contributed by atoms with Crippen LogP contribution in [-0.2, 0) is 4.79 Å². The number of aromatic nitrogens is 2. The summed E-state index contributed by atoms with van der Waals surface area (Å²) in [4.78, 5) is 10.8. The second-order valence-electron chi connectivity index (χ2n) is 4.23. The van der Waals surface area contributed by atoms with E-state index in [4.69, 9.17) is 5.11 Å². The van der Waals surface area contributed by atoms with Crippen molar-refractivity contribution >= 4 is 5.97 Å². The Bertz CT molecular complexity index is 520. The molecule has 1 N–H and O–H groups in total. The van der Waals surface area contributed by atoms with Crippen molar-refractivity contribution < 1.29 is 9.90 Å². The maximum absolute atomic E-state index is 10.8. The largest absolute Gasteiger partial charge is 0.481 e. The van der Waals surface area contributed by atoms with Gasteiger partial charge in [0.05, 0.1) is 18.7 Å². The van der Waals surface area contributed by atoms with Gasteiger partial charge in [-0.05, 0) is 12.0 Å². The van der Waals surface area contributed by atoms with Crippen LogP contribution in [0.4, 0.5) is 0 Å². The van der Waals surface area contributed by atoms with Gasteiger partial charge in [0.25, 0.3) is 0 Å². The Kier molecular flexibility index (Phi) is 3.77. The average Bonchev–Trinajstić information content (AvgIpc) is 2.86. The Morgan fingerprint density at radius 1 is 1.33 bits per heavy atom. The lowest BCUT2D eigenvalue weighted by atomic mass is 10.1. The molecule has 18 heavy (non-hydrogen) atoms. The number of hydrogen-bond acceptors (Lipinski definition) is 2. The van der Waals surface area contributed by atoms with E-state index < -0.39 is 5.97 Å². The molecule has 0 aliphatic carbocycles. The third kappa shape index (κ3) is 2.77. The number of nitrogens with zero attached hydrogens (tertiary/aromatic N) is 2. The first-order valence-electron chi connectivity index (χ1n) is 6.02. The minimum atomic E-state index is -0.793. The molecule has 1 atom stereocenters. The van der Waals surface area contributed by atoms with Crippen LogP contribution < -0.4 is 0 Å². The number of carboxylic acids is 1. The number of rotatable bonds is 5. The van der Waals surface area contributed by atoms with Gasteiger partial charge < -0.3 is 5.11 Å². The lowest BCUT2D eigenvalue weighted by molar-refractivity contribution is -0.138. The van der Waals surface area contributed by atoms with E-state index in [0.29, 0.717) is 0 Å². The molecule has 0 saturated carbocycles. The zero-order valence-electron chi connectivity index (χ0n) is 10.3. The fourth-order valence-corrected chi connectivity index (χ4v) is 1.94. The van der Waals surface area contributed by atoms with Gasteiger partial charge in [0, 0.05) is 11.8 Å². The van der Waals surface area contributed by atoms with Crippen molar-refractivity contribution in [1.29, 1.82) is 0 Å². The van der Waals surface area contributed by atoms with Crippen molar-refractivity contribution in [2.75, 3.05) is 0 Å². The fourth-order valence-electron chi connectivity index (χ4n) is 1.94. The van der Waals surface area contributed by atoms with Gasteiger partial charge in [-0.3, -0.25) is 9.48 Å². The molecule has 0 radical (unpaired) electrons. The van der Waals surface area contributed by atoms with Crippen molar-refractivity contribution in [2.24, 2.45) is 0 Å². The third-order valence-electron chi connectivity index (χ3n) is 2.96. The van der Waals surface area contributed by atoms with Crippen LogP contribution >= 0.6 is 0 Å². The molecule has 0 saturated heterocycles. The summed E-state index contributed by atoms with van der Waals surface area (Å²) in [5, 5.41) is 13.1. The summed E-state index contributed by atoms with van der Waals surface area (Å²) < 4.78 is 1.75. The van der Waals surface area contributed by atoms with Gasteiger partial charge in [0.1, 0.15) is 0 Å². The molecule has 0 bridgehead atoms. The molecule has 4 nitrogen and oxygen atoms in total. The average molecular weight is 244 g/mol. The molecule has 1 aromatic carbocycles. The molecule has 2 rings (SSSR count). The first-order valence-corrected chi connectivity index (χ1v) is 6.02. The topological polar surface area (TPSA) is 55.1 Å². The van der Waals surface area contributed by atoms with Crippen molar-refractivity contribution in [3.63, 3.8) is 0 Å². The second-order valence-corrected chi connectivity index (χ2v) is 4.23. The molecule has 0 aliphatic rings. The zero-order chi connectivity index (χ0) is 13.0. The maximum atomic E-state index is 10.8. The van der Waals surface area contributed by atoms with Gasteiger partial charge in [0.2, 0.25) is 0 Å². The Morgan fingerprint density at radius 2 is 2.06 bits per heavy atom. The minimum absolute atomic E-state index is 0.0834. The second kappa shape index (κ2) is 5.49. The van der Waals surface area contributed by atoms with Crippen LogP contribution in [0.1, 0.15) is 25.8 Å². The summed E-state index contributed by atoms with van der Waals surface area (Å²) in [5.74, 6) is -0.793. The molecular weight excluding hydrogens is 228 g/mol. The van der Waals surface area contributed by atoms with Gasteiger partial charge in [-0.25, -0.2) is 0 Å². The maximum Gasteiger partial charge on any atom is 0.305 e. The Balaban J connectivity index is 2.22. The Labute approximate surface area is 106 Å². The lowest BCUT2D eigenvalue weighted by Crippen LogP contribution is -2.13. The van der Waals surface area contributed by atoms with E-state index in [1.807, 2.05) is 43.5 Å². The number of benzene rings is 1. The molecular formula is C14H16N2O2. The molecule has 0 aliphatic heterocycles. The summed E-state index contributed by atoms with van der Waals surface area (Å²) in [6.07, 6.45) is 4.54. The van der Waals surface area contributed by atoms with Crippen LogP contribution in [0.5, 0.6) is 0 Å². The number of aliphatic carboxylic acids is 1. The molecule has 94 valence electrons. The molecule has 0 fully saturated rings. The first-order chi connectivity index (χ1) is 8.70. The highest BCUT2D eigenvalue weighted by molar-refractivity contribution is 5.67. The van der Waals surface area contributed by atoms with Gasteiger partial charge >= 0.3 is 5.97 Å². The standard InChI is InChI=1S/C14H16N2O2/c1-2-13(8-14(17)18)16-10-12(9-15-16)11-6-4-3-5-7-11/h3-7,9-10,13H,2,8H2,1H3,(H,17,18). The normalized spacial score (nSPS) is 12.3. The molecule has 2 aromatic rings. The summed E-state index contributed by atoms with van der Waals surface area (Å²) in [6.45, 7) is 1.97. The SMILES string of the molecule is CCC(CC(=O)O)n1cc(-c2ccccc2)cn1. The van der Waals surface area contributed by atoms with Gasteiger partial charge in [-0.2, -0.15) is 5.10 Å². The first kappa shape index (κ1) is 12.4. The lowest BCUT2D eigenvalue weighted by Gasteiger charge is -2.12. The monoisotopic (exact) mass is 244 g/mol. The summed E-state index contributed by atoms with van der Waals surface area (Å²) in [7, 11) is 0. The van der Waals surface area contributed by atoms with Crippen molar-refractivity contribution in [3.05, 3.63) is 42.7 Å². The fraction of sp³-hybridized carbons (Fsp3) is 0.286. The van der Waals surface area contributed by atoms with Gasteiger partial charge in [-0.1, -0.05) is 37.3 Å². The number of carboxylic acid groups (broad SMARTS) is 1. The van der Waals surface area contributed by atoms with Crippen molar-refractivity contribution in [2.45, 2.75) is 25.8 Å². The highest BCUT2D eigenvalue weighted by Crippen LogP contribution is 2.22. The van der Waals surface area contributed by atoms with E-state index in [1.54, 1.807) is 10.9 Å². The smallest absolute Gasteiger partial charge is 0.305 e. The molecule has 1 heterocycles. The Morgan fingerprint density at radius 3 is 2.67 bits per heavy atom. The molecule has 1 aromatic heterocycles. The van der Waals surface area contributed by atoms with E-state index in [0.717, 1.165) is 17.5 Å².